The maximum atomic E-state index is 11.1. The molecule has 1 aromatic carbocycles. The molecule has 0 saturated heterocycles. The lowest BCUT2D eigenvalue weighted by Crippen LogP contribution is -2.13. The van der Waals surface area contributed by atoms with Crippen molar-refractivity contribution in [2.75, 3.05) is 5.73 Å². The van der Waals surface area contributed by atoms with Crippen LogP contribution in [-0.4, -0.2) is 18.2 Å². The Kier molecular flexibility index (Phi) is 2.94. The van der Waals surface area contributed by atoms with E-state index in [9.17, 15) is 8.42 Å². The molecular weight excluding hydrogens is 308 g/mol. The Balaban J connectivity index is 2.53. The number of primary sulfonamides is 1. The second-order valence-electron chi connectivity index (χ2n) is 3.37. The van der Waals surface area contributed by atoms with E-state index in [2.05, 4.69) is 21.0 Å². The zero-order valence-electron chi connectivity index (χ0n) is 8.54. The van der Waals surface area contributed by atoms with Crippen molar-refractivity contribution >= 4 is 31.6 Å². The highest BCUT2D eigenvalue weighted by Gasteiger charge is 2.11. The molecule has 2 aromatic rings. The van der Waals surface area contributed by atoms with Crippen LogP contribution in [0.3, 0.4) is 0 Å². The molecule has 0 atom stereocenters. The molecule has 0 unspecified atom stereocenters. The third-order valence-corrected chi connectivity index (χ3v) is 3.45. The Morgan fingerprint density at radius 3 is 2.53 bits per heavy atom. The fraction of sp³-hybridized carbons (Fsp3) is 0. The van der Waals surface area contributed by atoms with Crippen molar-refractivity contribution < 1.29 is 8.42 Å². The average molecular weight is 317 g/mol. The summed E-state index contributed by atoms with van der Waals surface area (Å²) in [4.78, 5) is -0.0232. The molecule has 0 amide bonds. The first-order chi connectivity index (χ1) is 7.88. The number of benzene rings is 1. The number of hydrogen-bond donors (Lipinski definition) is 2. The number of nitrogens with zero attached hydrogens (tertiary/aromatic N) is 2. The van der Waals surface area contributed by atoms with Gasteiger partial charge in [0.25, 0.3) is 0 Å². The van der Waals surface area contributed by atoms with Crippen LogP contribution >= 0.6 is 15.9 Å². The molecule has 0 radical (unpaired) electrons. The van der Waals surface area contributed by atoms with Gasteiger partial charge in [-0.1, -0.05) is 0 Å². The maximum Gasteiger partial charge on any atom is 0.238 e. The molecule has 4 N–H and O–H groups in total. The molecule has 1 aromatic heterocycles. The van der Waals surface area contributed by atoms with Crippen molar-refractivity contribution in [3.8, 4) is 5.69 Å². The summed E-state index contributed by atoms with van der Waals surface area (Å²) in [5, 5.41) is 9.05. The summed E-state index contributed by atoms with van der Waals surface area (Å²) < 4.78 is 24.6. The topological polar surface area (TPSA) is 104 Å². The van der Waals surface area contributed by atoms with Gasteiger partial charge >= 0.3 is 0 Å². The lowest BCUT2D eigenvalue weighted by molar-refractivity contribution is 0.598. The fourth-order valence-corrected chi connectivity index (χ4v) is 2.19. The van der Waals surface area contributed by atoms with E-state index < -0.39 is 10.0 Å². The van der Waals surface area contributed by atoms with E-state index in [1.165, 1.54) is 16.8 Å². The van der Waals surface area contributed by atoms with Gasteiger partial charge in [0.1, 0.15) is 0 Å². The molecule has 0 fully saturated rings. The van der Waals surface area contributed by atoms with E-state index in [1.54, 1.807) is 18.5 Å². The highest BCUT2D eigenvalue weighted by atomic mass is 79.9. The van der Waals surface area contributed by atoms with E-state index in [0.29, 0.717) is 5.69 Å². The minimum atomic E-state index is -3.74. The van der Waals surface area contributed by atoms with Crippen LogP contribution in [0.2, 0.25) is 0 Å². The lowest BCUT2D eigenvalue weighted by Gasteiger charge is -2.07. The monoisotopic (exact) mass is 316 g/mol. The van der Waals surface area contributed by atoms with Gasteiger partial charge in [-0.15, -0.1) is 0 Å². The van der Waals surface area contributed by atoms with Crippen LogP contribution in [0, 0.1) is 0 Å². The number of sulfonamides is 1. The summed E-state index contributed by atoms with van der Waals surface area (Å²) in [6, 6.07) is 4.24. The predicted octanol–water partition coefficient (Wildman–Crippen LogP) is 0.864. The summed E-state index contributed by atoms with van der Waals surface area (Å²) in [5.41, 5.74) is 6.63. The number of anilines is 1. The van der Waals surface area contributed by atoms with Crippen molar-refractivity contribution in [1.82, 2.24) is 9.78 Å². The van der Waals surface area contributed by atoms with Crippen molar-refractivity contribution in [2.24, 2.45) is 5.14 Å². The highest BCUT2D eigenvalue weighted by Crippen LogP contribution is 2.21. The highest BCUT2D eigenvalue weighted by molar-refractivity contribution is 9.10. The van der Waals surface area contributed by atoms with Gasteiger partial charge in [-0.2, -0.15) is 5.10 Å². The first-order valence-electron chi connectivity index (χ1n) is 4.51. The molecule has 2 rings (SSSR count). The zero-order valence-corrected chi connectivity index (χ0v) is 10.9. The molecule has 0 saturated carbocycles. The third kappa shape index (κ3) is 2.48. The average Bonchev–Trinajstić information content (AvgIpc) is 2.63. The Bertz CT molecular complexity index is 665. The molecule has 17 heavy (non-hydrogen) atoms. The summed E-state index contributed by atoms with van der Waals surface area (Å²) in [5.74, 6) is 0. The van der Waals surface area contributed by atoms with E-state index >= 15 is 0 Å². The molecule has 1 heterocycles. The fourth-order valence-electron chi connectivity index (χ4n) is 1.35. The first-order valence-corrected chi connectivity index (χ1v) is 6.85. The van der Waals surface area contributed by atoms with E-state index in [0.717, 1.165) is 4.47 Å². The number of nitrogen functional groups attached to an aromatic ring is 1. The normalized spacial score (nSPS) is 11.6. The third-order valence-electron chi connectivity index (χ3n) is 2.13. The lowest BCUT2D eigenvalue weighted by atomic mass is 10.3. The van der Waals surface area contributed by atoms with Gasteiger partial charge in [-0.3, -0.25) is 0 Å². The van der Waals surface area contributed by atoms with Gasteiger partial charge in [0.05, 0.1) is 26.9 Å². The number of nitrogens with two attached hydrogens (primary N) is 2. The maximum absolute atomic E-state index is 11.1. The van der Waals surface area contributed by atoms with Crippen LogP contribution in [0.15, 0.2) is 40.0 Å². The summed E-state index contributed by atoms with van der Waals surface area (Å²) >= 11 is 3.26. The zero-order chi connectivity index (χ0) is 12.6. The molecule has 90 valence electrons. The second-order valence-corrected chi connectivity index (χ2v) is 5.85. The van der Waals surface area contributed by atoms with Crippen LogP contribution in [-0.2, 0) is 10.0 Å². The molecule has 0 aliphatic carbocycles. The van der Waals surface area contributed by atoms with E-state index in [1.807, 2.05) is 0 Å². The number of hydrogen-bond acceptors (Lipinski definition) is 4. The van der Waals surface area contributed by atoms with Gasteiger partial charge in [0.2, 0.25) is 10.0 Å². The number of aromatic nitrogens is 2. The van der Waals surface area contributed by atoms with Crippen molar-refractivity contribution in [3.63, 3.8) is 0 Å². The van der Waals surface area contributed by atoms with Crippen LogP contribution in [0.4, 0.5) is 5.69 Å². The molecule has 0 aliphatic rings. The van der Waals surface area contributed by atoms with Crippen LogP contribution < -0.4 is 10.9 Å². The van der Waals surface area contributed by atoms with Crippen LogP contribution in [0.5, 0.6) is 0 Å². The Hall–Kier alpha value is -1.38. The Morgan fingerprint density at radius 1 is 1.35 bits per heavy atom. The summed E-state index contributed by atoms with van der Waals surface area (Å²) in [6.45, 7) is 0. The number of rotatable bonds is 2. The van der Waals surface area contributed by atoms with Crippen molar-refractivity contribution in [2.45, 2.75) is 4.90 Å². The quantitative estimate of drug-likeness (QED) is 0.802. The largest absolute Gasteiger partial charge is 0.397 e. The molecule has 0 aliphatic heterocycles. The predicted molar refractivity (Wildman–Crippen MR) is 67.0 cm³/mol. The van der Waals surface area contributed by atoms with Gasteiger partial charge in [0, 0.05) is 6.20 Å². The van der Waals surface area contributed by atoms with Gasteiger partial charge in [-0.05, 0) is 34.1 Å². The number of halogens is 1. The van der Waals surface area contributed by atoms with Crippen molar-refractivity contribution in [1.29, 1.82) is 0 Å². The van der Waals surface area contributed by atoms with Crippen molar-refractivity contribution in [3.05, 3.63) is 35.1 Å². The molecule has 6 nitrogen and oxygen atoms in total. The van der Waals surface area contributed by atoms with Gasteiger partial charge < -0.3 is 5.73 Å². The van der Waals surface area contributed by atoms with E-state index in [-0.39, 0.29) is 10.6 Å². The Morgan fingerprint density at radius 2 is 2.06 bits per heavy atom. The summed E-state index contributed by atoms with van der Waals surface area (Å²) in [6.07, 6.45) is 3.31. The second kappa shape index (κ2) is 4.13. The molecule has 8 heteroatoms. The Labute approximate surface area is 106 Å². The standard InChI is InChI=1S/C9H9BrN4O2S/c10-6-4-13-14(5-6)9-2-1-7(3-8(9)11)17(12,15)16/h1-5H,11H2,(H2,12,15,16). The molecule has 0 spiro atoms. The minimum absolute atomic E-state index is 0.0232. The van der Waals surface area contributed by atoms with Gasteiger partial charge in [-0.25, -0.2) is 18.2 Å². The summed E-state index contributed by atoms with van der Waals surface area (Å²) in [7, 11) is -3.74. The van der Waals surface area contributed by atoms with Crippen LogP contribution in [0.1, 0.15) is 0 Å². The van der Waals surface area contributed by atoms with Gasteiger partial charge in [0.15, 0.2) is 0 Å². The van der Waals surface area contributed by atoms with Crippen LogP contribution in [0.25, 0.3) is 5.69 Å². The SMILES string of the molecule is Nc1cc(S(N)(=O)=O)ccc1-n1cc(Br)cn1. The first kappa shape index (κ1) is 12.1. The molecular formula is C9H9BrN4O2S. The smallest absolute Gasteiger partial charge is 0.238 e. The van der Waals surface area contributed by atoms with E-state index in [4.69, 9.17) is 10.9 Å². The minimum Gasteiger partial charge on any atom is -0.397 e. The molecule has 0 bridgehead atoms.